The van der Waals surface area contributed by atoms with Crippen LogP contribution in [0.2, 0.25) is 0 Å². The molecule has 0 heterocycles. The molecule has 0 fully saturated rings. The van der Waals surface area contributed by atoms with Gasteiger partial charge in [0, 0.05) is 0 Å². The van der Waals surface area contributed by atoms with E-state index in [-0.39, 0.29) is 0 Å². The highest BCUT2D eigenvalue weighted by atomic mass is 14.2. The molecule has 0 aromatic carbocycles. The van der Waals surface area contributed by atoms with Crippen molar-refractivity contribution in [2.45, 2.75) is 13.3 Å². The van der Waals surface area contributed by atoms with Crippen LogP contribution in [0.25, 0.3) is 0 Å². The summed E-state index contributed by atoms with van der Waals surface area (Å²) in [7, 11) is 0. The summed E-state index contributed by atoms with van der Waals surface area (Å²) < 4.78 is 0. The smallest absolute Gasteiger partial charge is 0.0583 e. The van der Waals surface area contributed by atoms with E-state index in [0.29, 0.717) is 5.92 Å². The summed E-state index contributed by atoms with van der Waals surface area (Å²) >= 11 is 0. The number of hydrogen-bond acceptors (Lipinski definition) is 0. The standard InChI is InChI=1S/C12H13/c1-2-10-8-5-9-12(10)11-6-3-4-7-11/h3-10H,2H2,1H3/q-1. The van der Waals surface area contributed by atoms with Crippen LogP contribution in [0.5, 0.6) is 0 Å². The molecule has 0 aromatic rings. The van der Waals surface area contributed by atoms with Crippen molar-refractivity contribution in [1.29, 1.82) is 0 Å². The quantitative estimate of drug-likeness (QED) is 0.513. The van der Waals surface area contributed by atoms with Gasteiger partial charge < -0.3 is 0 Å². The first-order valence-corrected chi connectivity index (χ1v) is 4.52. The highest BCUT2D eigenvalue weighted by Crippen LogP contribution is 2.31. The molecule has 0 radical (unpaired) electrons. The maximum atomic E-state index is 2.28. The Balaban J connectivity index is 2.29. The zero-order chi connectivity index (χ0) is 8.39. The van der Waals surface area contributed by atoms with Crippen LogP contribution in [0.15, 0.2) is 47.6 Å². The maximum Gasteiger partial charge on any atom is -0.0583 e. The molecule has 0 aromatic heterocycles. The second-order valence-corrected chi connectivity index (χ2v) is 3.20. The van der Waals surface area contributed by atoms with Crippen LogP contribution in [0.1, 0.15) is 13.3 Å². The fourth-order valence-corrected chi connectivity index (χ4v) is 1.75. The van der Waals surface area contributed by atoms with Crippen LogP contribution in [-0.4, -0.2) is 0 Å². The van der Waals surface area contributed by atoms with Crippen LogP contribution in [0.4, 0.5) is 0 Å². The van der Waals surface area contributed by atoms with E-state index in [9.17, 15) is 0 Å². The summed E-state index contributed by atoms with van der Waals surface area (Å²) in [4.78, 5) is 0. The third kappa shape index (κ3) is 1.14. The van der Waals surface area contributed by atoms with E-state index in [2.05, 4.69) is 49.8 Å². The molecule has 0 heteroatoms. The zero-order valence-electron chi connectivity index (χ0n) is 7.33. The average molecular weight is 157 g/mol. The minimum absolute atomic E-state index is 0.646. The number of allylic oxidation sites excluding steroid dienone is 8. The molecular formula is C12H13-. The first-order chi connectivity index (χ1) is 5.92. The van der Waals surface area contributed by atoms with Gasteiger partial charge in [-0.25, -0.2) is 0 Å². The lowest BCUT2D eigenvalue weighted by Crippen LogP contribution is -1.96. The minimum atomic E-state index is 0.646. The lowest BCUT2D eigenvalue weighted by atomic mass is 9.95. The molecular weight excluding hydrogens is 144 g/mol. The van der Waals surface area contributed by atoms with Crippen molar-refractivity contribution in [2.75, 3.05) is 0 Å². The van der Waals surface area contributed by atoms with Gasteiger partial charge in [0.05, 0.1) is 0 Å². The van der Waals surface area contributed by atoms with Crippen molar-refractivity contribution in [3.8, 4) is 0 Å². The molecule has 0 aliphatic heterocycles. The van der Waals surface area contributed by atoms with Gasteiger partial charge in [-0.3, -0.25) is 0 Å². The Hall–Kier alpha value is -1.17. The molecule has 0 spiro atoms. The predicted octanol–water partition coefficient (Wildman–Crippen LogP) is 3.21. The van der Waals surface area contributed by atoms with Crippen molar-refractivity contribution >= 4 is 0 Å². The lowest BCUT2D eigenvalue weighted by Gasteiger charge is -2.17. The molecule has 1 unspecified atom stereocenters. The summed E-state index contributed by atoms with van der Waals surface area (Å²) in [6.07, 6.45) is 16.4. The Morgan fingerprint density at radius 1 is 1.33 bits per heavy atom. The molecule has 0 N–H and O–H groups in total. The number of hydrogen-bond donors (Lipinski definition) is 0. The van der Waals surface area contributed by atoms with E-state index < -0.39 is 0 Å². The van der Waals surface area contributed by atoms with Gasteiger partial charge in [-0.2, -0.15) is 24.1 Å². The highest BCUT2D eigenvalue weighted by Gasteiger charge is 2.07. The molecule has 0 bridgehead atoms. The predicted molar refractivity (Wildman–Crippen MR) is 52.5 cm³/mol. The van der Waals surface area contributed by atoms with Crippen molar-refractivity contribution < 1.29 is 0 Å². The van der Waals surface area contributed by atoms with Gasteiger partial charge >= 0.3 is 0 Å². The molecule has 2 aliphatic rings. The lowest BCUT2D eigenvalue weighted by molar-refractivity contribution is 0.751. The third-order valence-electron chi connectivity index (χ3n) is 2.45. The maximum absolute atomic E-state index is 2.28. The van der Waals surface area contributed by atoms with Crippen LogP contribution in [0, 0.1) is 12.3 Å². The average Bonchev–Trinajstić information content (AvgIpc) is 2.74. The molecule has 1 atom stereocenters. The SMILES string of the molecule is CCC1C=C[CH-]C1=C1C=CC=C1. The second kappa shape index (κ2) is 3.06. The van der Waals surface area contributed by atoms with E-state index in [4.69, 9.17) is 0 Å². The van der Waals surface area contributed by atoms with Crippen LogP contribution >= 0.6 is 0 Å². The van der Waals surface area contributed by atoms with Crippen molar-refractivity contribution in [3.05, 3.63) is 54.0 Å². The normalized spacial score (nSPS) is 25.6. The summed E-state index contributed by atoms with van der Waals surface area (Å²) in [5, 5.41) is 0. The van der Waals surface area contributed by atoms with Crippen LogP contribution in [-0.2, 0) is 0 Å². The van der Waals surface area contributed by atoms with Gasteiger partial charge in [0.25, 0.3) is 0 Å². The molecule has 0 nitrogen and oxygen atoms in total. The Kier molecular flexibility index (Phi) is 1.91. The van der Waals surface area contributed by atoms with Gasteiger partial charge in [0.1, 0.15) is 0 Å². The van der Waals surface area contributed by atoms with Crippen molar-refractivity contribution in [2.24, 2.45) is 5.92 Å². The Morgan fingerprint density at radius 2 is 2.08 bits per heavy atom. The van der Waals surface area contributed by atoms with E-state index >= 15 is 0 Å². The van der Waals surface area contributed by atoms with E-state index in [0.717, 1.165) is 0 Å². The van der Waals surface area contributed by atoms with Gasteiger partial charge in [-0.05, 0) is 0 Å². The molecule has 0 saturated heterocycles. The molecule has 0 saturated carbocycles. The largest absolute Gasteiger partial charge is 0.175 e. The molecule has 2 rings (SSSR count). The van der Waals surface area contributed by atoms with Gasteiger partial charge in [0.15, 0.2) is 0 Å². The summed E-state index contributed by atoms with van der Waals surface area (Å²) in [5.41, 5.74) is 2.86. The van der Waals surface area contributed by atoms with Crippen molar-refractivity contribution in [1.82, 2.24) is 0 Å². The minimum Gasteiger partial charge on any atom is -0.175 e. The highest BCUT2D eigenvalue weighted by molar-refractivity contribution is 5.51. The molecule has 12 heavy (non-hydrogen) atoms. The fourth-order valence-electron chi connectivity index (χ4n) is 1.75. The molecule has 2 aliphatic carbocycles. The van der Waals surface area contributed by atoms with E-state index in [1.165, 1.54) is 17.6 Å². The second-order valence-electron chi connectivity index (χ2n) is 3.20. The van der Waals surface area contributed by atoms with Gasteiger partial charge in [0.2, 0.25) is 0 Å². The first-order valence-electron chi connectivity index (χ1n) is 4.52. The molecule has 0 amide bonds. The summed E-state index contributed by atoms with van der Waals surface area (Å²) in [6, 6.07) is 0. The van der Waals surface area contributed by atoms with Gasteiger partial charge in [-0.1, -0.05) is 31.4 Å². The van der Waals surface area contributed by atoms with E-state index in [1.54, 1.807) is 0 Å². The Labute approximate surface area is 74.0 Å². The zero-order valence-corrected chi connectivity index (χ0v) is 7.33. The Morgan fingerprint density at radius 3 is 2.75 bits per heavy atom. The summed E-state index contributed by atoms with van der Waals surface area (Å²) in [6.45, 7) is 2.23. The van der Waals surface area contributed by atoms with Crippen LogP contribution < -0.4 is 0 Å². The van der Waals surface area contributed by atoms with Crippen molar-refractivity contribution in [3.63, 3.8) is 0 Å². The monoisotopic (exact) mass is 157 g/mol. The number of rotatable bonds is 1. The molecule has 62 valence electrons. The summed E-state index contributed by atoms with van der Waals surface area (Å²) in [5.74, 6) is 0.646. The topological polar surface area (TPSA) is 0 Å². The van der Waals surface area contributed by atoms with Crippen LogP contribution in [0.3, 0.4) is 0 Å². The third-order valence-corrected chi connectivity index (χ3v) is 2.45. The van der Waals surface area contributed by atoms with E-state index in [1.807, 2.05) is 0 Å². The van der Waals surface area contributed by atoms with Gasteiger partial charge in [-0.15, -0.1) is 17.7 Å². The fraction of sp³-hybridized carbons (Fsp3) is 0.250. The first kappa shape index (κ1) is 7.48. The Bertz CT molecular complexity index is 273.